The van der Waals surface area contributed by atoms with Crippen LogP contribution in [-0.2, 0) is 26.2 Å². The third-order valence-corrected chi connectivity index (χ3v) is 7.82. The fourth-order valence-corrected chi connectivity index (χ4v) is 5.39. The second-order valence-corrected chi connectivity index (χ2v) is 11.3. The molecule has 0 saturated heterocycles. The van der Waals surface area contributed by atoms with E-state index in [1.165, 1.54) is 17.0 Å². The van der Waals surface area contributed by atoms with Gasteiger partial charge in [0.15, 0.2) is 0 Å². The second-order valence-electron chi connectivity index (χ2n) is 9.43. The summed E-state index contributed by atoms with van der Waals surface area (Å²) in [5.74, 6) is -0.507. The van der Waals surface area contributed by atoms with Gasteiger partial charge in [-0.05, 0) is 49.1 Å². The van der Waals surface area contributed by atoms with Gasteiger partial charge < -0.3 is 10.2 Å². The Morgan fingerprint density at radius 2 is 1.41 bits per heavy atom. The van der Waals surface area contributed by atoms with Crippen LogP contribution in [0.4, 0.5) is 5.69 Å². The lowest BCUT2D eigenvalue weighted by atomic mass is 10.1. The van der Waals surface area contributed by atoms with Crippen LogP contribution >= 0.6 is 0 Å². The van der Waals surface area contributed by atoms with Gasteiger partial charge in [0.1, 0.15) is 12.6 Å². The summed E-state index contributed by atoms with van der Waals surface area (Å²) in [7, 11) is -4.06. The molecule has 0 fully saturated rings. The largest absolute Gasteiger partial charge is 0.354 e. The topological polar surface area (TPSA) is 86.8 Å². The van der Waals surface area contributed by atoms with Gasteiger partial charge in [-0.3, -0.25) is 13.9 Å². The second kappa shape index (κ2) is 12.5. The van der Waals surface area contributed by atoms with Crippen molar-refractivity contribution in [3.63, 3.8) is 0 Å². The summed E-state index contributed by atoms with van der Waals surface area (Å²) in [6, 6.07) is 23.6. The molecule has 196 valence electrons. The summed E-state index contributed by atoms with van der Waals surface area (Å²) in [6.07, 6.45) is 0. The Labute approximate surface area is 220 Å². The molecule has 7 nitrogen and oxygen atoms in total. The predicted octanol–water partition coefficient (Wildman–Crippen LogP) is 4.38. The van der Waals surface area contributed by atoms with Crippen molar-refractivity contribution in [2.75, 3.05) is 17.4 Å². The van der Waals surface area contributed by atoms with E-state index >= 15 is 0 Å². The van der Waals surface area contributed by atoms with Crippen LogP contribution in [0.25, 0.3) is 0 Å². The lowest BCUT2D eigenvalue weighted by Crippen LogP contribution is -2.51. The highest BCUT2D eigenvalue weighted by Gasteiger charge is 2.33. The van der Waals surface area contributed by atoms with Crippen molar-refractivity contribution in [1.29, 1.82) is 0 Å². The first kappa shape index (κ1) is 27.9. The number of anilines is 1. The number of nitrogens with one attached hydrogen (secondary N) is 1. The number of carbonyl (C=O) groups excluding carboxylic acids is 2. The Morgan fingerprint density at radius 1 is 0.838 bits per heavy atom. The highest BCUT2D eigenvalue weighted by molar-refractivity contribution is 7.92. The molecule has 1 atom stereocenters. The van der Waals surface area contributed by atoms with Crippen LogP contribution in [0.1, 0.15) is 31.9 Å². The van der Waals surface area contributed by atoms with Crippen LogP contribution in [0.5, 0.6) is 0 Å². The summed E-state index contributed by atoms with van der Waals surface area (Å²) < 4.78 is 28.7. The maximum Gasteiger partial charge on any atom is 0.264 e. The molecule has 3 rings (SSSR count). The lowest BCUT2D eigenvalue weighted by molar-refractivity contribution is -0.139. The maximum atomic E-state index is 13.8. The lowest BCUT2D eigenvalue weighted by Gasteiger charge is -2.32. The fraction of sp³-hybridized carbons (Fsp3) is 0.310. The van der Waals surface area contributed by atoms with Crippen LogP contribution in [0.2, 0.25) is 0 Å². The van der Waals surface area contributed by atoms with E-state index in [1.807, 2.05) is 50.2 Å². The van der Waals surface area contributed by atoms with Crippen molar-refractivity contribution >= 4 is 27.5 Å². The Bertz CT molecular complexity index is 1290. The van der Waals surface area contributed by atoms with Crippen molar-refractivity contribution < 1.29 is 18.0 Å². The zero-order valence-corrected chi connectivity index (χ0v) is 22.6. The maximum absolute atomic E-state index is 13.8. The molecule has 0 heterocycles. The summed E-state index contributed by atoms with van der Waals surface area (Å²) in [4.78, 5) is 28.3. The van der Waals surface area contributed by atoms with Crippen LogP contribution in [0.15, 0.2) is 89.8 Å². The molecule has 0 radical (unpaired) electrons. The Balaban J connectivity index is 1.99. The van der Waals surface area contributed by atoms with Gasteiger partial charge in [-0.1, -0.05) is 80.6 Å². The molecule has 2 amide bonds. The molecule has 0 aliphatic carbocycles. The molecule has 37 heavy (non-hydrogen) atoms. The van der Waals surface area contributed by atoms with Gasteiger partial charge in [-0.2, -0.15) is 0 Å². The molecule has 0 spiro atoms. The third kappa shape index (κ3) is 7.20. The molecule has 0 aromatic heterocycles. The quantitative estimate of drug-likeness (QED) is 0.406. The monoisotopic (exact) mass is 521 g/mol. The van der Waals surface area contributed by atoms with Crippen molar-refractivity contribution in [2.45, 2.75) is 45.2 Å². The molecule has 1 N–H and O–H groups in total. The number of hydrogen-bond acceptors (Lipinski definition) is 4. The molecular formula is C29H35N3O4S. The van der Waals surface area contributed by atoms with Gasteiger partial charge in [-0.15, -0.1) is 0 Å². The number of amides is 2. The van der Waals surface area contributed by atoms with E-state index in [-0.39, 0.29) is 23.3 Å². The first-order valence-electron chi connectivity index (χ1n) is 12.4. The minimum atomic E-state index is -4.06. The van der Waals surface area contributed by atoms with Crippen LogP contribution in [0.3, 0.4) is 0 Å². The number of hydrogen-bond donors (Lipinski definition) is 1. The number of para-hydroxylation sites is 1. The highest BCUT2D eigenvalue weighted by Crippen LogP contribution is 2.27. The molecule has 0 saturated carbocycles. The average molecular weight is 522 g/mol. The van der Waals surface area contributed by atoms with E-state index in [9.17, 15) is 18.0 Å². The van der Waals surface area contributed by atoms with Crippen LogP contribution in [0, 0.1) is 12.8 Å². The normalized spacial score (nSPS) is 12.1. The smallest absolute Gasteiger partial charge is 0.264 e. The molecule has 8 heteroatoms. The fourth-order valence-electron chi connectivity index (χ4n) is 3.89. The summed E-state index contributed by atoms with van der Waals surface area (Å²) in [5, 5.41) is 2.89. The first-order valence-corrected chi connectivity index (χ1v) is 13.8. The standard InChI is InChI=1S/C29H35N3O4S/c1-22(2)19-30-29(34)24(4)31(20-25-14-7-5-8-15-25)28(33)21-32(27-18-12-11-13-23(27)3)37(35,36)26-16-9-6-10-17-26/h5-18,22,24H,19-21H2,1-4H3,(H,30,34)/t24-/m1/s1. The Morgan fingerprint density at radius 3 is 2.00 bits per heavy atom. The van der Waals surface area contributed by atoms with E-state index < -0.39 is 28.5 Å². The van der Waals surface area contributed by atoms with Crippen molar-refractivity contribution in [3.8, 4) is 0 Å². The predicted molar refractivity (Wildman–Crippen MR) is 146 cm³/mol. The number of nitrogens with zero attached hydrogens (tertiary/aromatic N) is 2. The SMILES string of the molecule is Cc1ccccc1N(CC(=O)N(Cc1ccccc1)[C@H](C)C(=O)NCC(C)C)S(=O)(=O)c1ccccc1. The van der Waals surface area contributed by atoms with Gasteiger partial charge in [0.25, 0.3) is 10.0 Å². The van der Waals surface area contributed by atoms with E-state index in [2.05, 4.69) is 5.32 Å². The molecule has 0 aliphatic rings. The average Bonchev–Trinajstić information content (AvgIpc) is 2.90. The zero-order valence-electron chi connectivity index (χ0n) is 21.8. The molecule has 3 aromatic rings. The number of carbonyl (C=O) groups is 2. The van der Waals surface area contributed by atoms with Gasteiger partial charge in [0, 0.05) is 13.1 Å². The van der Waals surface area contributed by atoms with E-state index in [0.29, 0.717) is 17.8 Å². The Hall–Kier alpha value is -3.65. The van der Waals surface area contributed by atoms with Gasteiger partial charge in [-0.25, -0.2) is 8.42 Å². The van der Waals surface area contributed by atoms with Crippen LogP contribution < -0.4 is 9.62 Å². The number of sulfonamides is 1. The first-order chi connectivity index (χ1) is 17.6. The van der Waals surface area contributed by atoms with E-state index in [0.717, 1.165) is 9.87 Å². The van der Waals surface area contributed by atoms with Crippen molar-refractivity contribution in [2.24, 2.45) is 5.92 Å². The minimum Gasteiger partial charge on any atom is -0.354 e. The molecular weight excluding hydrogens is 486 g/mol. The summed E-state index contributed by atoms with van der Waals surface area (Å²) >= 11 is 0. The van der Waals surface area contributed by atoms with Crippen molar-refractivity contribution in [1.82, 2.24) is 10.2 Å². The number of benzene rings is 3. The highest BCUT2D eigenvalue weighted by atomic mass is 32.2. The summed E-state index contributed by atoms with van der Waals surface area (Å²) in [6.45, 7) is 7.66. The number of rotatable bonds is 11. The van der Waals surface area contributed by atoms with Crippen LogP contribution in [-0.4, -0.2) is 44.3 Å². The van der Waals surface area contributed by atoms with Gasteiger partial charge >= 0.3 is 0 Å². The van der Waals surface area contributed by atoms with Gasteiger partial charge in [0.2, 0.25) is 11.8 Å². The summed E-state index contributed by atoms with van der Waals surface area (Å²) in [5.41, 5.74) is 1.97. The molecule has 0 aliphatic heterocycles. The zero-order chi connectivity index (χ0) is 27.0. The van der Waals surface area contributed by atoms with Crippen molar-refractivity contribution in [3.05, 3.63) is 96.1 Å². The molecule has 0 unspecified atom stereocenters. The van der Waals surface area contributed by atoms with Gasteiger partial charge in [0.05, 0.1) is 10.6 Å². The van der Waals surface area contributed by atoms with E-state index in [1.54, 1.807) is 50.2 Å². The Kier molecular flexibility index (Phi) is 9.47. The molecule has 0 bridgehead atoms. The molecule has 3 aromatic carbocycles. The third-order valence-electron chi connectivity index (χ3n) is 6.04. The van der Waals surface area contributed by atoms with E-state index in [4.69, 9.17) is 0 Å². The number of aryl methyl sites for hydroxylation is 1. The minimum absolute atomic E-state index is 0.0865.